The first-order chi connectivity index (χ1) is 8.24. The van der Waals surface area contributed by atoms with Crippen molar-refractivity contribution in [1.82, 2.24) is 0 Å². The zero-order valence-electron chi connectivity index (χ0n) is 9.81. The molecule has 6 heteroatoms. The van der Waals surface area contributed by atoms with Crippen LogP contribution in [0, 0.1) is 5.82 Å². The van der Waals surface area contributed by atoms with Crippen molar-refractivity contribution in [2.24, 2.45) is 0 Å². The Kier molecular flexibility index (Phi) is 2.93. The van der Waals surface area contributed by atoms with Crippen LogP contribution in [0.4, 0.5) is 4.39 Å². The van der Waals surface area contributed by atoms with Crippen LogP contribution in [0.15, 0.2) is 23.1 Å². The minimum Gasteiger partial charge on any atom is -0.481 e. The molecule has 0 aromatic heterocycles. The molecule has 0 aliphatic heterocycles. The fourth-order valence-electron chi connectivity index (χ4n) is 2.14. The first-order valence-electron chi connectivity index (χ1n) is 5.46. The van der Waals surface area contributed by atoms with Crippen molar-refractivity contribution in [2.45, 2.75) is 29.6 Å². The van der Waals surface area contributed by atoms with Gasteiger partial charge in [-0.2, -0.15) is 0 Å². The fraction of sp³-hybridized carbons (Fsp3) is 0.417. The number of carboxylic acids is 1. The van der Waals surface area contributed by atoms with E-state index in [9.17, 15) is 17.6 Å². The molecule has 0 unspecified atom stereocenters. The largest absolute Gasteiger partial charge is 0.481 e. The lowest BCUT2D eigenvalue weighted by Gasteiger charge is -2.13. The summed E-state index contributed by atoms with van der Waals surface area (Å²) in [7, 11) is -3.59. The van der Waals surface area contributed by atoms with Gasteiger partial charge in [-0.1, -0.05) is 6.07 Å². The van der Waals surface area contributed by atoms with Gasteiger partial charge in [-0.05, 0) is 30.5 Å². The van der Waals surface area contributed by atoms with Crippen LogP contribution in [-0.2, 0) is 20.0 Å². The molecule has 0 saturated heterocycles. The second kappa shape index (κ2) is 4.05. The fourth-order valence-corrected chi connectivity index (χ4v) is 2.87. The van der Waals surface area contributed by atoms with Gasteiger partial charge in [0.05, 0.1) is 6.42 Å². The van der Waals surface area contributed by atoms with E-state index in [-0.39, 0.29) is 11.3 Å². The van der Waals surface area contributed by atoms with E-state index in [1.807, 2.05) is 0 Å². The predicted octanol–water partition coefficient (Wildman–Crippen LogP) is 1.74. The molecule has 2 rings (SSSR count). The molecule has 18 heavy (non-hydrogen) atoms. The smallest absolute Gasteiger partial charge is 0.304 e. The molecule has 1 aromatic rings. The minimum atomic E-state index is -3.59. The zero-order chi connectivity index (χ0) is 13.6. The molecule has 4 nitrogen and oxygen atoms in total. The van der Waals surface area contributed by atoms with Gasteiger partial charge in [0.25, 0.3) is 0 Å². The average molecular weight is 272 g/mol. The van der Waals surface area contributed by atoms with Crippen molar-refractivity contribution in [3.05, 3.63) is 29.6 Å². The standard InChI is InChI=1S/C12H13FO4S/c1-18(16,17)10-3-2-8(6-9(10)13)12(4-5-12)7-11(14)15/h2-3,6H,4-5,7H2,1H3,(H,14,15). The van der Waals surface area contributed by atoms with Gasteiger partial charge >= 0.3 is 5.97 Å². The Morgan fingerprint density at radius 3 is 2.44 bits per heavy atom. The Hall–Kier alpha value is -1.43. The third kappa shape index (κ3) is 2.38. The average Bonchev–Trinajstić information content (AvgIpc) is 2.95. The first-order valence-corrected chi connectivity index (χ1v) is 7.36. The second-order valence-corrected chi connectivity index (χ2v) is 6.75. The van der Waals surface area contributed by atoms with Crippen LogP contribution >= 0.6 is 0 Å². The maximum absolute atomic E-state index is 13.7. The number of sulfone groups is 1. The molecular weight excluding hydrogens is 259 g/mol. The summed E-state index contributed by atoms with van der Waals surface area (Å²) < 4.78 is 36.3. The number of hydrogen-bond acceptors (Lipinski definition) is 3. The third-order valence-corrected chi connectivity index (χ3v) is 4.42. The van der Waals surface area contributed by atoms with Crippen molar-refractivity contribution in [3.8, 4) is 0 Å². The summed E-state index contributed by atoms with van der Waals surface area (Å²) >= 11 is 0. The summed E-state index contributed by atoms with van der Waals surface area (Å²) in [6.07, 6.45) is 2.27. The number of halogens is 1. The van der Waals surface area contributed by atoms with E-state index in [1.54, 1.807) is 0 Å². The Morgan fingerprint density at radius 1 is 1.44 bits per heavy atom. The molecule has 0 atom stereocenters. The quantitative estimate of drug-likeness (QED) is 0.906. The Balaban J connectivity index is 2.39. The second-order valence-electron chi connectivity index (χ2n) is 4.77. The normalized spacial score (nSPS) is 17.4. The Morgan fingerprint density at radius 2 is 2.06 bits per heavy atom. The Labute approximate surface area is 104 Å². The molecule has 1 saturated carbocycles. The summed E-state index contributed by atoms with van der Waals surface area (Å²) in [6.45, 7) is 0. The van der Waals surface area contributed by atoms with E-state index in [4.69, 9.17) is 5.11 Å². The van der Waals surface area contributed by atoms with Crippen LogP contribution in [0.2, 0.25) is 0 Å². The molecule has 0 radical (unpaired) electrons. The molecular formula is C12H13FO4S. The van der Waals surface area contributed by atoms with Crippen molar-refractivity contribution in [3.63, 3.8) is 0 Å². The molecule has 1 aliphatic rings. The van der Waals surface area contributed by atoms with E-state index >= 15 is 0 Å². The van der Waals surface area contributed by atoms with Gasteiger partial charge in [0.2, 0.25) is 0 Å². The number of carboxylic acid groups (broad SMARTS) is 1. The molecule has 0 amide bonds. The highest BCUT2D eigenvalue weighted by Crippen LogP contribution is 2.51. The highest BCUT2D eigenvalue weighted by Gasteiger charge is 2.46. The molecule has 1 aromatic carbocycles. The van der Waals surface area contributed by atoms with E-state index in [0.29, 0.717) is 18.4 Å². The van der Waals surface area contributed by atoms with Crippen LogP contribution in [0.1, 0.15) is 24.8 Å². The maximum Gasteiger partial charge on any atom is 0.304 e. The zero-order valence-corrected chi connectivity index (χ0v) is 10.6. The van der Waals surface area contributed by atoms with Gasteiger partial charge in [-0.3, -0.25) is 4.79 Å². The molecule has 1 aliphatic carbocycles. The van der Waals surface area contributed by atoms with Crippen molar-refractivity contribution >= 4 is 15.8 Å². The van der Waals surface area contributed by atoms with E-state index in [0.717, 1.165) is 12.3 Å². The lowest BCUT2D eigenvalue weighted by atomic mass is 9.92. The highest BCUT2D eigenvalue weighted by atomic mass is 32.2. The lowest BCUT2D eigenvalue weighted by Crippen LogP contribution is -2.14. The predicted molar refractivity (Wildman–Crippen MR) is 62.7 cm³/mol. The maximum atomic E-state index is 13.7. The lowest BCUT2D eigenvalue weighted by molar-refractivity contribution is -0.137. The van der Waals surface area contributed by atoms with Crippen molar-refractivity contribution < 1.29 is 22.7 Å². The summed E-state index contributed by atoms with van der Waals surface area (Å²) in [4.78, 5) is 10.4. The first kappa shape index (κ1) is 13.0. The van der Waals surface area contributed by atoms with Gasteiger partial charge in [0, 0.05) is 11.7 Å². The van der Waals surface area contributed by atoms with E-state index in [2.05, 4.69) is 0 Å². The van der Waals surface area contributed by atoms with Gasteiger partial charge in [0.15, 0.2) is 9.84 Å². The van der Waals surface area contributed by atoms with Gasteiger partial charge in [-0.25, -0.2) is 12.8 Å². The number of hydrogen-bond donors (Lipinski definition) is 1. The molecule has 1 fully saturated rings. The summed E-state index contributed by atoms with van der Waals surface area (Å²) in [5, 5.41) is 8.81. The summed E-state index contributed by atoms with van der Waals surface area (Å²) in [5.74, 6) is -1.74. The number of rotatable bonds is 4. The van der Waals surface area contributed by atoms with Crippen molar-refractivity contribution in [2.75, 3.05) is 6.26 Å². The van der Waals surface area contributed by atoms with E-state index < -0.39 is 27.0 Å². The van der Waals surface area contributed by atoms with Crippen LogP contribution < -0.4 is 0 Å². The molecule has 1 N–H and O–H groups in total. The van der Waals surface area contributed by atoms with Crippen LogP contribution in [0.25, 0.3) is 0 Å². The van der Waals surface area contributed by atoms with Crippen LogP contribution in [-0.4, -0.2) is 25.7 Å². The van der Waals surface area contributed by atoms with Gasteiger partial charge < -0.3 is 5.11 Å². The van der Waals surface area contributed by atoms with Crippen LogP contribution in [0.3, 0.4) is 0 Å². The molecule has 0 heterocycles. The molecule has 0 spiro atoms. The number of carbonyl (C=O) groups is 1. The topological polar surface area (TPSA) is 71.4 Å². The SMILES string of the molecule is CS(=O)(=O)c1ccc(C2(CC(=O)O)CC2)cc1F. The molecule has 98 valence electrons. The van der Waals surface area contributed by atoms with Crippen molar-refractivity contribution in [1.29, 1.82) is 0 Å². The highest BCUT2D eigenvalue weighted by molar-refractivity contribution is 7.90. The number of benzene rings is 1. The van der Waals surface area contributed by atoms with Crippen LogP contribution in [0.5, 0.6) is 0 Å². The minimum absolute atomic E-state index is 0.0509. The van der Waals surface area contributed by atoms with Gasteiger partial charge in [-0.15, -0.1) is 0 Å². The Bertz CT molecular complexity index is 603. The van der Waals surface area contributed by atoms with Gasteiger partial charge in [0.1, 0.15) is 10.7 Å². The summed E-state index contributed by atoms with van der Waals surface area (Å²) in [6, 6.07) is 3.86. The summed E-state index contributed by atoms with van der Waals surface area (Å²) in [5.41, 5.74) is 0.0534. The monoisotopic (exact) mass is 272 g/mol. The third-order valence-electron chi connectivity index (χ3n) is 3.29. The molecule has 0 bridgehead atoms. The van der Waals surface area contributed by atoms with E-state index in [1.165, 1.54) is 12.1 Å². The number of aliphatic carboxylic acids is 1.